The fraction of sp³-hybridized carbons (Fsp3) is 0.444. The molecular formula is C18H22F3N3O2. The number of aromatic hydroxyl groups is 1. The van der Waals surface area contributed by atoms with Crippen molar-refractivity contribution < 1.29 is 23.4 Å². The number of phenolic OH excluding ortho intramolecular Hbond substituents is 1. The number of phenols is 1. The van der Waals surface area contributed by atoms with Gasteiger partial charge in [0.2, 0.25) is 0 Å². The summed E-state index contributed by atoms with van der Waals surface area (Å²) in [6.45, 7) is 2.54. The quantitative estimate of drug-likeness (QED) is 0.815. The zero-order chi connectivity index (χ0) is 19.5. The molecule has 2 N–H and O–H groups in total. The van der Waals surface area contributed by atoms with Crippen molar-refractivity contribution in [2.24, 2.45) is 0 Å². The van der Waals surface area contributed by atoms with Crippen LogP contribution in [-0.2, 0) is 6.18 Å². The third kappa shape index (κ3) is 4.92. The first-order chi connectivity index (χ1) is 12.1. The van der Waals surface area contributed by atoms with Crippen LogP contribution in [0.3, 0.4) is 0 Å². The van der Waals surface area contributed by atoms with Crippen LogP contribution in [0.2, 0.25) is 0 Å². The van der Waals surface area contributed by atoms with Crippen molar-refractivity contribution in [1.82, 2.24) is 15.1 Å². The Morgan fingerprint density at radius 2 is 1.85 bits per heavy atom. The zero-order valence-electron chi connectivity index (χ0n) is 14.9. The van der Waals surface area contributed by atoms with Crippen LogP contribution in [0.1, 0.15) is 35.8 Å². The average Bonchev–Trinajstić information content (AvgIpc) is 2.53. The molecule has 1 aromatic heterocycles. The number of nitrogens with zero attached hydrogens (tertiary/aromatic N) is 3. The summed E-state index contributed by atoms with van der Waals surface area (Å²) < 4.78 is 38.1. The van der Waals surface area contributed by atoms with Gasteiger partial charge in [-0.2, -0.15) is 18.3 Å². The highest BCUT2D eigenvalue weighted by Gasteiger charge is 2.31. The SMILES string of the molecule is Cc1cc(C(O)CCCN(C)C)nnc1-c1ccc(C(F)(F)F)cc1O. The van der Waals surface area contributed by atoms with Crippen LogP contribution in [0, 0.1) is 6.92 Å². The lowest BCUT2D eigenvalue weighted by Gasteiger charge is -2.14. The van der Waals surface area contributed by atoms with E-state index in [4.69, 9.17) is 0 Å². The van der Waals surface area contributed by atoms with Crippen LogP contribution in [0.5, 0.6) is 5.75 Å². The van der Waals surface area contributed by atoms with Gasteiger partial charge in [-0.25, -0.2) is 0 Å². The Kier molecular flexibility index (Phi) is 6.20. The number of benzene rings is 1. The molecule has 0 saturated carbocycles. The molecule has 8 heteroatoms. The first-order valence-corrected chi connectivity index (χ1v) is 8.17. The second-order valence-electron chi connectivity index (χ2n) is 6.49. The monoisotopic (exact) mass is 369 g/mol. The average molecular weight is 369 g/mol. The van der Waals surface area contributed by atoms with E-state index < -0.39 is 23.6 Å². The van der Waals surface area contributed by atoms with Crippen LogP contribution in [0.4, 0.5) is 13.2 Å². The van der Waals surface area contributed by atoms with E-state index in [-0.39, 0.29) is 11.3 Å². The van der Waals surface area contributed by atoms with Crippen molar-refractivity contribution in [3.05, 3.63) is 41.1 Å². The molecule has 1 unspecified atom stereocenters. The second-order valence-corrected chi connectivity index (χ2v) is 6.49. The fourth-order valence-corrected chi connectivity index (χ4v) is 2.59. The number of aryl methyl sites for hydroxylation is 1. The molecule has 0 aliphatic heterocycles. The predicted octanol–water partition coefficient (Wildman–Crippen LogP) is 3.55. The van der Waals surface area contributed by atoms with E-state index in [1.54, 1.807) is 13.0 Å². The molecule has 0 aliphatic carbocycles. The second kappa shape index (κ2) is 8.01. The van der Waals surface area contributed by atoms with Crippen LogP contribution < -0.4 is 0 Å². The van der Waals surface area contributed by atoms with Crippen molar-refractivity contribution in [3.8, 4) is 17.0 Å². The first-order valence-electron chi connectivity index (χ1n) is 8.17. The van der Waals surface area contributed by atoms with E-state index >= 15 is 0 Å². The van der Waals surface area contributed by atoms with Gasteiger partial charge < -0.3 is 15.1 Å². The highest BCUT2D eigenvalue weighted by Crippen LogP contribution is 2.36. The van der Waals surface area contributed by atoms with E-state index in [1.807, 2.05) is 19.0 Å². The minimum absolute atomic E-state index is 0.164. The number of aromatic nitrogens is 2. The van der Waals surface area contributed by atoms with Gasteiger partial charge >= 0.3 is 6.18 Å². The Bertz CT molecular complexity index is 764. The standard InChI is InChI=1S/C18H22F3N3O2/c1-11-9-14(15(25)5-4-8-24(2)3)22-23-17(11)13-7-6-12(10-16(13)26)18(19,20)21/h6-7,9-10,15,25-26H,4-5,8H2,1-3H3. The summed E-state index contributed by atoms with van der Waals surface area (Å²) in [5.74, 6) is -0.517. The number of hydrogen-bond donors (Lipinski definition) is 2. The largest absolute Gasteiger partial charge is 0.507 e. The molecular weight excluding hydrogens is 347 g/mol. The van der Waals surface area contributed by atoms with Crippen LogP contribution >= 0.6 is 0 Å². The van der Waals surface area contributed by atoms with Gasteiger partial charge in [0.1, 0.15) is 5.75 Å². The summed E-state index contributed by atoms with van der Waals surface area (Å²) in [5, 5.41) is 28.1. The summed E-state index contributed by atoms with van der Waals surface area (Å²) in [6.07, 6.45) is -3.98. The molecule has 26 heavy (non-hydrogen) atoms. The van der Waals surface area contributed by atoms with Gasteiger partial charge in [0.25, 0.3) is 0 Å². The molecule has 0 fully saturated rings. The molecule has 1 atom stereocenters. The summed E-state index contributed by atoms with van der Waals surface area (Å²) >= 11 is 0. The number of rotatable bonds is 6. The molecule has 1 heterocycles. The van der Waals surface area contributed by atoms with Crippen molar-refractivity contribution in [1.29, 1.82) is 0 Å². The van der Waals surface area contributed by atoms with E-state index in [1.165, 1.54) is 6.07 Å². The molecule has 0 spiro atoms. The Morgan fingerprint density at radius 1 is 1.15 bits per heavy atom. The molecule has 1 aromatic carbocycles. The van der Waals surface area contributed by atoms with Crippen LogP contribution in [-0.4, -0.2) is 46.0 Å². The smallest absolute Gasteiger partial charge is 0.416 e. The number of aliphatic hydroxyl groups excluding tert-OH is 1. The molecule has 0 saturated heterocycles. The highest BCUT2D eigenvalue weighted by molar-refractivity contribution is 5.69. The van der Waals surface area contributed by atoms with Gasteiger partial charge in [-0.1, -0.05) is 0 Å². The summed E-state index contributed by atoms with van der Waals surface area (Å²) in [7, 11) is 3.89. The zero-order valence-corrected chi connectivity index (χ0v) is 14.9. The molecule has 2 aromatic rings. The number of hydrogen-bond acceptors (Lipinski definition) is 5. The van der Waals surface area contributed by atoms with Gasteiger partial charge in [0, 0.05) is 5.56 Å². The molecule has 0 radical (unpaired) electrons. The minimum Gasteiger partial charge on any atom is -0.507 e. The first kappa shape index (κ1) is 20.1. The highest BCUT2D eigenvalue weighted by atomic mass is 19.4. The van der Waals surface area contributed by atoms with E-state index in [0.29, 0.717) is 23.7 Å². The third-order valence-corrected chi connectivity index (χ3v) is 4.01. The van der Waals surface area contributed by atoms with E-state index in [9.17, 15) is 23.4 Å². The minimum atomic E-state index is -4.53. The van der Waals surface area contributed by atoms with Gasteiger partial charge in [0.15, 0.2) is 0 Å². The van der Waals surface area contributed by atoms with Crippen LogP contribution in [0.25, 0.3) is 11.3 Å². The fourth-order valence-electron chi connectivity index (χ4n) is 2.59. The molecule has 142 valence electrons. The maximum absolute atomic E-state index is 12.7. The van der Waals surface area contributed by atoms with E-state index in [0.717, 1.165) is 19.0 Å². The number of alkyl halides is 3. The summed E-state index contributed by atoms with van der Waals surface area (Å²) in [5.41, 5.74) is 0.516. The molecule has 2 rings (SSSR count). The molecule has 0 amide bonds. The van der Waals surface area contributed by atoms with Crippen molar-refractivity contribution in [2.45, 2.75) is 32.0 Å². The normalized spacial score (nSPS) is 13.2. The Labute approximate surface area is 150 Å². The van der Waals surface area contributed by atoms with Crippen LogP contribution in [0.15, 0.2) is 24.3 Å². The Morgan fingerprint density at radius 3 is 2.38 bits per heavy atom. The van der Waals surface area contributed by atoms with Crippen molar-refractivity contribution >= 4 is 0 Å². The van der Waals surface area contributed by atoms with Gasteiger partial charge in [-0.15, -0.1) is 5.10 Å². The lowest BCUT2D eigenvalue weighted by molar-refractivity contribution is -0.137. The topological polar surface area (TPSA) is 69.5 Å². The predicted molar refractivity (Wildman–Crippen MR) is 91.6 cm³/mol. The lowest BCUT2D eigenvalue weighted by Crippen LogP contribution is -2.14. The number of aliphatic hydroxyl groups is 1. The van der Waals surface area contributed by atoms with Gasteiger partial charge in [0.05, 0.1) is 23.1 Å². The van der Waals surface area contributed by atoms with Crippen molar-refractivity contribution in [3.63, 3.8) is 0 Å². The third-order valence-electron chi connectivity index (χ3n) is 4.01. The number of halogens is 3. The lowest BCUT2D eigenvalue weighted by atomic mass is 10.0. The van der Waals surface area contributed by atoms with Crippen molar-refractivity contribution in [2.75, 3.05) is 20.6 Å². The summed E-state index contributed by atoms with van der Waals surface area (Å²) in [6, 6.07) is 4.36. The Balaban J connectivity index is 2.22. The molecule has 0 bridgehead atoms. The Hall–Kier alpha value is -2.19. The van der Waals surface area contributed by atoms with Gasteiger partial charge in [-0.05, 0) is 70.2 Å². The maximum Gasteiger partial charge on any atom is 0.416 e. The van der Waals surface area contributed by atoms with Gasteiger partial charge in [-0.3, -0.25) is 0 Å². The molecule has 0 aliphatic rings. The van der Waals surface area contributed by atoms with E-state index in [2.05, 4.69) is 10.2 Å². The summed E-state index contributed by atoms with van der Waals surface area (Å²) in [4.78, 5) is 2.01. The maximum atomic E-state index is 12.7. The molecule has 5 nitrogen and oxygen atoms in total.